The molecule has 1 aliphatic heterocycles. The van der Waals surface area contributed by atoms with E-state index in [0.29, 0.717) is 30.3 Å². The topological polar surface area (TPSA) is 60.5 Å². The van der Waals surface area contributed by atoms with Crippen LogP contribution in [0, 0.1) is 12.7 Å². The maximum Gasteiger partial charge on any atom is 0.257 e. The molecule has 122 valence electrons. The van der Waals surface area contributed by atoms with Crippen LogP contribution in [0.1, 0.15) is 16.1 Å². The summed E-state index contributed by atoms with van der Waals surface area (Å²) in [5.41, 5.74) is 1.40. The van der Waals surface area contributed by atoms with Gasteiger partial charge in [-0.05, 0) is 18.6 Å². The van der Waals surface area contributed by atoms with Crippen molar-refractivity contribution in [3.05, 3.63) is 46.2 Å². The first-order valence-corrected chi connectivity index (χ1v) is 8.15. The molecule has 1 atom stereocenters. The van der Waals surface area contributed by atoms with E-state index in [9.17, 15) is 9.18 Å². The molecule has 2 heterocycles. The molecule has 2 aromatic rings. The van der Waals surface area contributed by atoms with Crippen molar-refractivity contribution in [2.24, 2.45) is 0 Å². The SMILES string of the molecule is Cc1nc(NC(=O)C2COCCO2)sc1Cc1ccccc1F. The normalized spacial score (nSPS) is 17.9. The van der Waals surface area contributed by atoms with E-state index in [4.69, 9.17) is 9.47 Å². The summed E-state index contributed by atoms with van der Waals surface area (Å²) in [6, 6.07) is 6.66. The van der Waals surface area contributed by atoms with Gasteiger partial charge in [-0.15, -0.1) is 11.3 Å². The molecule has 7 heteroatoms. The quantitative estimate of drug-likeness (QED) is 0.932. The Morgan fingerprint density at radius 2 is 2.26 bits per heavy atom. The second-order valence-corrected chi connectivity index (χ2v) is 6.30. The van der Waals surface area contributed by atoms with Crippen molar-refractivity contribution in [2.45, 2.75) is 19.4 Å². The zero-order valence-electron chi connectivity index (χ0n) is 12.7. The van der Waals surface area contributed by atoms with Crippen LogP contribution in [0.25, 0.3) is 0 Å². The Hall–Kier alpha value is -1.83. The molecule has 1 aromatic carbocycles. The summed E-state index contributed by atoms with van der Waals surface area (Å²) in [7, 11) is 0. The number of nitrogens with one attached hydrogen (secondary N) is 1. The van der Waals surface area contributed by atoms with Crippen LogP contribution in [0.15, 0.2) is 24.3 Å². The number of carbonyl (C=O) groups is 1. The van der Waals surface area contributed by atoms with Crippen LogP contribution < -0.4 is 5.32 Å². The van der Waals surface area contributed by atoms with Gasteiger partial charge in [-0.25, -0.2) is 9.37 Å². The van der Waals surface area contributed by atoms with Gasteiger partial charge in [-0.2, -0.15) is 0 Å². The highest BCUT2D eigenvalue weighted by molar-refractivity contribution is 7.15. The van der Waals surface area contributed by atoms with E-state index in [0.717, 1.165) is 10.6 Å². The molecule has 1 aromatic heterocycles. The monoisotopic (exact) mass is 336 g/mol. The van der Waals surface area contributed by atoms with Crippen LogP contribution in [-0.4, -0.2) is 36.8 Å². The van der Waals surface area contributed by atoms with Crippen molar-refractivity contribution >= 4 is 22.4 Å². The van der Waals surface area contributed by atoms with E-state index in [1.165, 1.54) is 17.4 Å². The van der Waals surface area contributed by atoms with Gasteiger partial charge in [0.05, 0.1) is 25.5 Å². The van der Waals surface area contributed by atoms with Gasteiger partial charge in [0.2, 0.25) is 0 Å². The summed E-state index contributed by atoms with van der Waals surface area (Å²) in [4.78, 5) is 17.4. The summed E-state index contributed by atoms with van der Waals surface area (Å²) >= 11 is 1.35. The Morgan fingerprint density at radius 3 is 3.00 bits per heavy atom. The third kappa shape index (κ3) is 3.93. The number of hydrogen-bond acceptors (Lipinski definition) is 5. The minimum Gasteiger partial charge on any atom is -0.376 e. The zero-order chi connectivity index (χ0) is 16.2. The molecule has 1 fully saturated rings. The number of aromatic nitrogens is 1. The predicted molar refractivity (Wildman–Crippen MR) is 85.2 cm³/mol. The first-order chi connectivity index (χ1) is 11.1. The summed E-state index contributed by atoms with van der Waals surface area (Å²) in [5, 5.41) is 3.24. The lowest BCUT2D eigenvalue weighted by Crippen LogP contribution is -2.39. The van der Waals surface area contributed by atoms with Gasteiger partial charge >= 0.3 is 0 Å². The molecular weight excluding hydrogens is 319 g/mol. The van der Waals surface area contributed by atoms with Crippen molar-refractivity contribution in [3.63, 3.8) is 0 Å². The molecule has 0 bridgehead atoms. The average molecular weight is 336 g/mol. The van der Waals surface area contributed by atoms with Gasteiger partial charge < -0.3 is 9.47 Å². The molecule has 1 amide bonds. The molecule has 23 heavy (non-hydrogen) atoms. The van der Waals surface area contributed by atoms with Crippen LogP contribution in [0.4, 0.5) is 9.52 Å². The Labute approximate surface area is 137 Å². The van der Waals surface area contributed by atoms with Gasteiger partial charge in [0.25, 0.3) is 5.91 Å². The van der Waals surface area contributed by atoms with Crippen LogP contribution in [-0.2, 0) is 20.7 Å². The lowest BCUT2D eigenvalue weighted by atomic mass is 10.1. The molecule has 0 spiro atoms. The first-order valence-electron chi connectivity index (χ1n) is 7.33. The number of halogens is 1. The number of ether oxygens (including phenoxy) is 2. The fraction of sp³-hybridized carbons (Fsp3) is 0.375. The maximum absolute atomic E-state index is 13.8. The predicted octanol–water partition coefficient (Wildman–Crippen LogP) is 2.54. The number of carbonyl (C=O) groups excluding carboxylic acids is 1. The molecule has 1 aliphatic rings. The van der Waals surface area contributed by atoms with Crippen LogP contribution >= 0.6 is 11.3 Å². The molecule has 5 nitrogen and oxygen atoms in total. The highest BCUT2D eigenvalue weighted by atomic mass is 32.1. The summed E-state index contributed by atoms with van der Waals surface area (Å²) in [6.07, 6.45) is -0.155. The number of rotatable bonds is 4. The van der Waals surface area contributed by atoms with Crippen molar-refractivity contribution < 1.29 is 18.7 Å². The fourth-order valence-corrected chi connectivity index (χ4v) is 3.27. The van der Waals surface area contributed by atoms with Crippen LogP contribution in [0.2, 0.25) is 0 Å². The number of amides is 1. The third-order valence-electron chi connectivity index (χ3n) is 3.54. The Bertz CT molecular complexity index is 698. The molecule has 3 rings (SSSR count). The summed E-state index contributed by atoms with van der Waals surface area (Å²) in [6.45, 7) is 3.02. The van der Waals surface area contributed by atoms with E-state index in [-0.39, 0.29) is 18.3 Å². The lowest BCUT2D eigenvalue weighted by Gasteiger charge is -2.21. The Kier molecular flexibility index (Phi) is 5.00. The summed E-state index contributed by atoms with van der Waals surface area (Å²) < 4.78 is 24.3. The van der Waals surface area contributed by atoms with E-state index >= 15 is 0 Å². The number of thiazole rings is 1. The smallest absolute Gasteiger partial charge is 0.257 e. The molecule has 0 aliphatic carbocycles. The van der Waals surface area contributed by atoms with E-state index in [2.05, 4.69) is 10.3 Å². The zero-order valence-corrected chi connectivity index (χ0v) is 13.5. The Balaban J connectivity index is 1.68. The number of benzene rings is 1. The third-order valence-corrected chi connectivity index (χ3v) is 4.61. The molecule has 1 unspecified atom stereocenters. The van der Waals surface area contributed by atoms with Gasteiger partial charge in [0.1, 0.15) is 5.82 Å². The van der Waals surface area contributed by atoms with Crippen molar-refractivity contribution in [3.8, 4) is 0 Å². The van der Waals surface area contributed by atoms with Gasteiger partial charge in [-0.1, -0.05) is 18.2 Å². The van der Waals surface area contributed by atoms with Gasteiger partial charge in [0, 0.05) is 11.3 Å². The lowest BCUT2D eigenvalue weighted by molar-refractivity contribution is -0.142. The number of nitrogens with zero attached hydrogens (tertiary/aromatic N) is 1. The molecule has 1 saturated heterocycles. The van der Waals surface area contributed by atoms with E-state index < -0.39 is 6.10 Å². The molecule has 0 radical (unpaired) electrons. The highest BCUT2D eigenvalue weighted by Crippen LogP contribution is 2.26. The van der Waals surface area contributed by atoms with Gasteiger partial charge in [0.15, 0.2) is 11.2 Å². The second-order valence-electron chi connectivity index (χ2n) is 5.22. The summed E-state index contributed by atoms with van der Waals surface area (Å²) in [5.74, 6) is -0.505. The van der Waals surface area contributed by atoms with E-state index in [1.54, 1.807) is 18.2 Å². The minimum atomic E-state index is -0.608. The number of anilines is 1. The largest absolute Gasteiger partial charge is 0.376 e. The van der Waals surface area contributed by atoms with Crippen LogP contribution in [0.3, 0.4) is 0 Å². The van der Waals surface area contributed by atoms with Crippen LogP contribution in [0.5, 0.6) is 0 Å². The number of hydrogen-bond donors (Lipinski definition) is 1. The van der Waals surface area contributed by atoms with Crippen molar-refractivity contribution in [1.29, 1.82) is 0 Å². The van der Waals surface area contributed by atoms with Crippen molar-refractivity contribution in [2.75, 3.05) is 25.1 Å². The van der Waals surface area contributed by atoms with Gasteiger partial charge in [-0.3, -0.25) is 10.1 Å². The molecular formula is C16H17FN2O3S. The second kappa shape index (κ2) is 7.16. The Morgan fingerprint density at radius 1 is 1.43 bits per heavy atom. The highest BCUT2D eigenvalue weighted by Gasteiger charge is 2.24. The maximum atomic E-state index is 13.8. The molecule has 0 saturated carbocycles. The van der Waals surface area contributed by atoms with E-state index in [1.807, 2.05) is 6.92 Å². The molecule has 1 N–H and O–H groups in total. The first kappa shape index (κ1) is 16.0. The average Bonchev–Trinajstić information content (AvgIpc) is 2.90. The van der Waals surface area contributed by atoms with Crippen molar-refractivity contribution in [1.82, 2.24) is 4.98 Å². The fourth-order valence-electron chi connectivity index (χ4n) is 2.29. The number of aryl methyl sites for hydroxylation is 1. The minimum absolute atomic E-state index is 0.237. The standard InChI is InChI=1S/C16H17FN2O3S/c1-10-14(8-11-4-2-3-5-12(11)17)23-16(18-10)19-15(20)13-9-21-6-7-22-13/h2-5,13H,6-9H2,1H3,(H,18,19,20).